The number of nitrogens with one attached hydrogen (secondary N) is 1. The standard InChI is InChI=1S/C30H31N3O4/c1-4-37-30(36)28-21(3)33(27(34)17-26(28)24-9-5-20(2)6-10-24)19-23-7-11-25(12-8-23)29(35)32-18-22-13-15-31-16-14-22/h5-16,26H,4,17-19H2,1-3H3,(H,32,35). The van der Waals surface area contributed by atoms with Crippen molar-refractivity contribution in [3.05, 3.63) is 112 Å². The molecule has 4 rings (SSSR count). The van der Waals surface area contributed by atoms with Gasteiger partial charge in [-0.25, -0.2) is 4.79 Å². The van der Waals surface area contributed by atoms with Crippen LogP contribution in [-0.4, -0.2) is 34.3 Å². The molecule has 1 aromatic heterocycles. The summed E-state index contributed by atoms with van der Waals surface area (Å²) in [5.74, 6) is -0.992. The van der Waals surface area contributed by atoms with Gasteiger partial charge in [-0.15, -0.1) is 0 Å². The number of amides is 2. The number of aromatic nitrogens is 1. The van der Waals surface area contributed by atoms with Gasteiger partial charge in [-0.1, -0.05) is 42.0 Å². The average Bonchev–Trinajstić information content (AvgIpc) is 2.91. The molecule has 1 N–H and O–H groups in total. The van der Waals surface area contributed by atoms with E-state index in [1.54, 1.807) is 43.3 Å². The number of esters is 1. The van der Waals surface area contributed by atoms with Crippen LogP contribution in [-0.2, 0) is 27.4 Å². The molecule has 1 aliphatic rings. The fraction of sp³-hybridized carbons (Fsp3) is 0.267. The maximum Gasteiger partial charge on any atom is 0.336 e. The highest BCUT2D eigenvalue weighted by molar-refractivity contribution is 5.96. The number of benzene rings is 2. The quantitative estimate of drug-likeness (QED) is 0.457. The second kappa shape index (κ2) is 11.6. The molecule has 2 amide bonds. The number of carbonyl (C=O) groups is 3. The van der Waals surface area contributed by atoms with E-state index in [9.17, 15) is 14.4 Å². The third kappa shape index (κ3) is 6.12. The minimum Gasteiger partial charge on any atom is -0.463 e. The lowest BCUT2D eigenvalue weighted by Gasteiger charge is -2.34. The molecule has 1 atom stereocenters. The van der Waals surface area contributed by atoms with Crippen molar-refractivity contribution >= 4 is 17.8 Å². The Balaban J connectivity index is 1.52. The van der Waals surface area contributed by atoms with E-state index in [4.69, 9.17) is 4.74 Å². The second-order valence-corrected chi connectivity index (χ2v) is 9.10. The maximum absolute atomic E-state index is 13.3. The van der Waals surface area contributed by atoms with E-state index in [0.717, 1.165) is 22.3 Å². The van der Waals surface area contributed by atoms with Crippen LogP contribution in [0.25, 0.3) is 0 Å². The first kappa shape index (κ1) is 25.8. The molecule has 1 aliphatic heterocycles. The molecule has 1 unspecified atom stereocenters. The molecular weight excluding hydrogens is 466 g/mol. The fourth-order valence-corrected chi connectivity index (χ4v) is 4.49. The van der Waals surface area contributed by atoms with Gasteiger partial charge in [-0.2, -0.15) is 0 Å². The van der Waals surface area contributed by atoms with E-state index < -0.39 is 5.97 Å². The van der Waals surface area contributed by atoms with Gasteiger partial charge >= 0.3 is 5.97 Å². The van der Waals surface area contributed by atoms with E-state index in [2.05, 4.69) is 10.3 Å². The predicted molar refractivity (Wildman–Crippen MR) is 140 cm³/mol. The van der Waals surface area contributed by atoms with Crippen LogP contribution in [0.2, 0.25) is 0 Å². The van der Waals surface area contributed by atoms with E-state index in [-0.39, 0.29) is 30.8 Å². The Kier molecular flexibility index (Phi) is 8.13. The number of carbonyl (C=O) groups excluding carboxylic acids is 3. The van der Waals surface area contributed by atoms with Crippen LogP contribution < -0.4 is 5.32 Å². The first-order valence-corrected chi connectivity index (χ1v) is 12.4. The van der Waals surface area contributed by atoms with Gasteiger partial charge in [0.25, 0.3) is 5.91 Å². The molecule has 0 spiro atoms. The molecule has 0 aliphatic carbocycles. The van der Waals surface area contributed by atoms with Crippen LogP contribution in [0, 0.1) is 6.92 Å². The second-order valence-electron chi connectivity index (χ2n) is 9.10. The minimum atomic E-state index is -0.399. The van der Waals surface area contributed by atoms with Crippen LogP contribution >= 0.6 is 0 Å². The fourth-order valence-electron chi connectivity index (χ4n) is 4.49. The van der Waals surface area contributed by atoms with Crippen LogP contribution in [0.3, 0.4) is 0 Å². The van der Waals surface area contributed by atoms with Crippen molar-refractivity contribution in [2.24, 2.45) is 0 Å². The Labute approximate surface area is 217 Å². The van der Waals surface area contributed by atoms with Gasteiger partial charge in [0.05, 0.1) is 18.7 Å². The molecule has 7 nitrogen and oxygen atoms in total. The lowest BCUT2D eigenvalue weighted by atomic mass is 9.83. The normalized spacial score (nSPS) is 15.5. The average molecular weight is 498 g/mol. The molecule has 0 bridgehead atoms. The molecule has 0 fully saturated rings. The first-order chi connectivity index (χ1) is 17.9. The van der Waals surface area contributed by atoms with Crippen molar-refractivity contribution < 1.29 is 19.1 Å². The molecule has 2 heterocycles. The summed E-state index contributed by atoms with van der Waals surface area (Å²) in [6.07, 6.45) is 3.56. The smallest absolute Gasteiger partial charge is 0.336 e. The predicted octanol–water partition coefficient (Wildman–Crippen LogP) is 4.67. The van der Waals surface area contributed by atoms with Crippen LogP contribution in [0.1, 0.15) is 58.8 Å². The van der Waals surface area contributed by atoms with Crippen LogP contribution in [0.5, 0.6) is 0 Å². The van der Waals surface area contributed by atoms with Gasteiger partial charge in [-0.3, -0.25) is 14.6 Å². The van der Waals surface area contributed by atoms with Gasteiger partial charge in [0.2, 0.25) is 5.91 Å². The zero-order valence-corrected chi connectivity index (χ0v) is 21.4. The van der Waals surface area contributed by atoms with Gasteiger partial charge in [0, 0.05) is 42.5 Å². The van der Waals surface area contributed by atoms with Gasteiger partial charge < -0.3 is 15.0 Å². The molecule has 0 saturated heterocycles. The number of pyridine rings is 1. The molecule has 2 aromatic carbocycles. The summed E-state index contributed by atoms with van der Waals surface area (Å²) in [5, 5.41) is 2.89. The van der Waals surface area contributed by atoms with Crippen molar-refractivity contribution in [2.45, 2.75) is 46.2 Å². The van der Waals surface area contributed by atoms with Gasteiger partial charge in [0.15, 0.2) is 0 Å². The highest BCUT2D eigenvalue weighted by Crippen LogP contribution is 2.37. The Morgan fingerprint density at radius 1 is 0.973 bits per heavy atom. The summed E-state index contributed by atoms with van der Waals surface area (Å²) < 4.78 is 5.38. The highest BCUT2D eigenvalue weighted by atomic mass is 16.5. The van der Waals surface area contributed by atoms with Crippen molar-refractivity contribution in [1.82, 2.24) is 15.2 Å². The summed E-state index contributed by atoms with van der Waals surface area (Å²) in [5.41, 5.74) is 5.49. The Hall–Kier alpha value is -4.26. The van der Waals surface area contributed by atoms with Crippen LogP contribution in [0.15, 0.2) is 84.3 Å². The zero-order chi connectivity index (χ0) is 26.4. The van der Waals surface area contributed by atoms with Gasteiger partial charge in [-0.05, 0) is 61.7 Å². The molecular formula is C30H31N3O4. The number of hydrogen-bond donors (Lipinski definition) is 1. The molecule has 190 valence electrons. The first-order valence-electron chi connectivity index (χ1n) is 12.4. The van der Waals surface area contributed by atoms with Crippen molar-refractivity contribution in [1.29, 1.82) is 0 Å². The summed E-state index contributed by atoms with van der Waals surface area (Å²) in [6.45, 7) is 6.54. The Morgan fingerprint density at radius 2 is 1.65 bits per heavy atom. The van der Waals surface area contributed by atoms with Crippen molar-refractivity contribution in [3.63, 3.8) is 0 Å². The Morgan fingerprint density at radius 3 is 2.30 bits per heavy atom. The largest absolute Gasteiger partial charge is 0.463 e. The molecule has 37 heavy (non-hydrogen) atoms. The summed E-state index contributed by atoms with van der Waals surface area (Å²) in [6, 6.07) is 18.7. The van der Waals surface area contributed by atoms with Crippen molar-refractivity contribution in [3.8, 4) is 0 Å². The molecule has 3 aromatic rings. The van der Waals surface area contributed by atoms with E-state index in [1.807, 2.05) is 55.5 Å². The topological polar surface area (TPSA) is 88.6 Å². The van der Waals surface area contributed by atoms with E-state index in [0.29, 0.717) is 29.9 Å². The number of hydrogen-bond acceptors (Lipinski definition) is 5. The SMILES string of the molecule is CCOC(=O)C1=C(C)N(Cc2ccc(C(=O)NCc3ccncc3)cc2)C(=O)CC1c1ccc(C)cc1. The number of aryl methyl sites for hydroxylation is 1. The summed E-state index contributed by atoms with van der Waals surface area (Å²) in [4.78, 5) is 44.4. The molecule has 0 saturated carbocycles. The minimum absolute atomic E-state index is 0.0599. The summed E-state index contributed by atoms with van der Waals surface area (Å²) in [7, 11) is 0. The molecule has 7 heteroatoms. The van der Waals surface area contributed by atoms with E-state index >= 15 is 0 Å². The van der Waals surface area contributed by atoms with Crippen molar-refractivity contribution in [2.75, 3.05) is 6.61 Å². The third-order valence-corrected chi connectivity index (χ3v) is 6.56. The number of allylic oxidation sites excluding steroid dienone is 1. The van der Waals surface area contributed by atoms with E-state index in [1.165, 1.54) is 0 Å². The monoisotopic (exact) mass is 497 g/mol. The van der Waals surface area contributed by atoms with Crippen LogP contribution in [0.4, 0.5) is 0 Å². The third-order valence-electron chi connectivity index (χ3n) is 6.56. The van der Waals surface area contributed by atoms with Gasteiger partial charge in [0.1, 0.15) is 0 Å². The number of nitrogens with zero attached hydrogens (tertiary/aromatic N) is 2. The number of ether oxygens (including phenoxy) is 1. The number of rotatable bonds is 8. The zero-order valence-electron chi connectivity index (χ0n) is 21.4. The lowest BCUT2D eigenvalue weighted by molar-refractivity contribution is -0.140. The molecule has 0 radical (unpaired) electrons. The lowest BCUT2D eigenvalue weighted by Crippen LogP contribution is -2.38. The summed E-state index contributed by atoms with van der Waals surface area (Å²) >= 11 is 0. The maximum atomic E-state index is 13.3. The Bertz CT molecular complexity index is 1300. The highest BCUT2D eigenvalue weighted by Gasteiger charge is 2.36.